The number of nitrogens with two attached hydrogens (primary N) is 1. The van der Waals surface area contributed by atoms with Crippen LogP contribution in [-0.2, 0) is 41.1 Å². The lowest BCUT2D eigenvalue weighted by Crippen LogP contribution is -2.53. The summed E-state index contributed by atoms with van der Waals surface area (Å²) in [5, 5.41) is 47.8. The zero-order valence-electron chi connectivity index (χ0n) is 22.2. The maximum Gasteiger partial charge on any atom is 0.490 e. The van der Waals surface area contributed by atoms with Gasteiger partial charge in [0.1, 0.15) is 23.8 Å². The number of fused-ring (bicyclic) bond motifs is 2. The summed E-state index contributed by atoms with van der Waals surface area (Å²) < 4.78 is 65.0. The molecular formula is C16H16N8O20P3-. The van der Waals surface area contributed by atoms with Crippen LogP contribution in [0.3, 0.4) is 0 Å². The number of hydrogen-bond acceptors (Lipinski definition) is 20. The van der Waals surface area contributed by atoms with Crippen LogP contribution >= 0.6 is 23.5 Å². The zero-order valence-corrected chi connectivity index (χ0v) is 24.9. The van der Waals surface area contributed by atoms with Crippen LogP contribution in [-0.4, -0.2) is 90.6 Å². The molecule has 0 radical (unpaired) electrons. The van der Waals surface area contributed by atoms with Crippen molar-refractivity contribution in [2.45, 2.75) is 36.4 Å². The predicted octanol–water partition coefficient (Wildman–Crippen LogP) is -1.82. The second-order valence-corrected chi connectivity index (χ2v) is 13.8. The maximum absolute atomic E-state index is 12.4. The standard InChI is InChI=1S/C16H17N8O20P3/c17-15-19-12-9(13(25)20-15)18-4-21(12)14-11-10(6(40-14)3-39-46(35,36)44-47(37,38)43-45(32,33)34)41-16(42-11)7(23(28)29)1-5(22(26)27)2-8(16)24(30)31/h1-2,4,6-7,10-11,14H,3H2,(H,35,36)(H,37,38)(H2,32,33,34)(H3,17,19,20,25)/p-1/t6-,7?,10-,11-,14?,16?/m1/s1. The van der Waals surface area contributed by atoms with Crippen molar-refractivity contribution in [2.24, 2.45) is 0 Å². The van der Waals surface area contributed by atoms with Crippen molar-refractivity contribution in [1.29, 1.82) is 0 Å². The Morgan fingerprint density at radius 3 is 2.26 bits per heavy atom. The van der Waals surface area contributed by atoms with Crippen molar-refractivity contribution in [3.05, 3.63) is 60.2 Å². The van der Waals surface area contributed by atoms with Gasteiger partial charge in [-0.15, -0.1) is 0 Å². The molecule has 31 heteroatoms. The molecule has 2 saturated heterocycles. The molecule has 2 aromatic heterocycles. The Morgan fingerprint density at radius 1 is 1.00 bits per heavy atom. The molecule has 6 N–H and O–H groups in total. The molecule has 8 atom stereocenters. The van der Waals surface area contributed by atoms with Crippen LogP contribution < -0.4 is 10.8 Å². The molecule has 4 heterocycles. The Bertz CT molecular complexity index is 1890. The van der Waals surface area contributed by atoms with E-state index in [1.807, 2.05) is 0 Å². The number of nitrogen functional groups attached to an aromatic ring is 1. The third-order valence-corrected chi connectivity index (χ3v) is 10.2. The molecule has 2 aromatic rings. The van der Waals surface area contributed by atoms with Gasteiger partial charge in [0.25, 0.3) is 5.70 Å². The average molecular weight is 733 g/mol. The molecule has 0 saturated carbocycles. The Hall–Kier alpha value is -3.88. The molecule has 256 valence electrons. The van der Waals surface area contributed by atoms with Crippen molar-refractivity contribution in [3.63, 3.8) is 0 Å². The molecule has 2 fully saturated rings. The Kier molecular flexibility index (Phi) is 8.55. The highest BCUT2D eigenvalue weighted by Crippen LogP contribution is 2.66. The van der Waals surface area contributed by atoms with E-state index in [-0.39, 0.29) is 5.65 Å². The third kappa shape index (κ3) is 6.63. The number of ether oxygens (including phenoxy) is 3. The van der Waals surface area contributed by atoms with Crippen molar-refractivity contribution >= 4 is 40.6 Å². The lowest BCUT2D eigenvalue weighted by Gasteiger charge is -2.30. The second kappa shape index (κ2) is 11.7. The van der Waals surface area contributed by atoms with E-state index in [1.54, 1.807) is 0 Å². The van der Waals surface area contributed by atoms with E-state index in [9.17, 15) is 58.9 Å². The van der Waals surface area contributed by atoms with Gasteiger partial charge in [0, 0.05) is 10.8 Å². The average Bonchev–Trinajstić information content (AvgIpc) is 3.57. The molecular weight excluding hydrogens is 717 g/mol. The molecule has 1 spiro atoms. The Balaban J connectivity index is 1.55. The topological polar surface area (TPSA) is 410 Å². The number of allylic oxidation sites excluding steroid dienone is 1. The van der Waals surface area contributed by atoms with Crippen LogP contribution in [0.5, 0.6) is 5.88 Å². The number of rotatable bonds is 11. The molecule has 0 amide bonds. The first-order valence-electron chi connectivity index (χ1n) is 12.0. The van der Waals surface area contributed by atoms with Gasteiger partial charge < -0.3 is 44.6 Å². The van der Waals surface area contributed by atoms with E-state index in [0.717, 1.165) is 10.9 Å². The van der Waals surface area contributed by atoms with Gasteiger partial charge in [-0.1, -0.05) is 0 Å². The molecule has 0 bridgehead atoms. The summed E-state index contributed by atoms with van der Waals surface area (Å²) in [5.41, 5.74) is 2.43. The molecule has 28 nitrogen and oxygen atoms in total. The lowest BCUT2D eigenvalue weighted by molar-refractivity contribution is -0.569. The molecule has 5 unspecified atom stereocenters. The van der Waals surface area contributed by atoms with Gasteiger partial charge in [0.05, 0.1) is 34.9 Å². The lowest BCUT2D eigenvalue weighted by atomic mass is 9.96. The molecule has 47 heavy (non-hydrogen) atoms. The second-order valence-electron chi connectivity index (χ2n) is 9.36. The molecule has 2 aliphatic heterocycles. The molecule has 1 aliphatic carbocycles. The third-order valence-electron chi connectivity index (χ3n) is 6.40. The van der Waals surface area contributed by atoms with Gasteiger partial charge in [-0.05, 0) is 0 Å². The zero-order chi connectivity index (χ0) is 34.9. The van der Waals surface area contributed by atoms with Crippen molar-refractivity contribution < 1.29 is 80.5 Å². The highest BCUT2D eigenvalue weighted by Gasteiger charge is 2.72. The van der Waals surface area contributed by atoms with E-state index < -0.39 is 110 Å². The minimum atomic E-state index is -5.97. The highest BCUT2D eigenvalue weighted by molar-refractivity contribution is 7.66. The predicted molar refractivity (Wildman–Crippen MR) is 136 cm³/mol. The van der Waals surface area contributed by atoms with Gasteiger partial charge in [0.15, 0.2) is 11.9 Å². The summed E-state index contributed by atoms with van der Waals surface area (Å²) in [6.07, 6.45) is -5.40. The largest absolute Gasteiger partial charge is 0.857 e. The quantitative estimate of drug-likeness (QED) is 0.0964. The van der Waals surface area contributed by atoms with Gasteiger partial charge in [-0.25, -0.2) is 23.7 Å². The van der Waals surface area contributed by atoms with Crippen LogP contribution in [0.25, 0.3) is 11.2 Å². The summed E-state index contributed by atoms with van der Waals surface area (Å²) in [7, 11) is -17.5. The first-order valence-corrected chi connectivity index (χ1v) is 16.5. The van der Waals surface area contributed by atoms with Crippen LogP contribution in [0.15, 0.2) is 29.9 Å². The van der Waals surface area contributed by atoms with Crippen molar-refractivity contribution in [3.8, 4) is 5.88 Å². The van der Waals surface area contributed by atoms with Crippen LogP contribution in [0, 0.1) is 30.3 Å². The van der Waals surface area contributed by atoms with E-state index in [2.05, 4.69) is 28.1 Å². The first-order chi connectivity index (χ1) is 21.6. The van der Waals surface area contributed by atoms with Crippen molar-refractivity contribution in [1.82, 2.24) is 19.5 Å². The van der Waals surface area contributed by atoms with E-state index >= 15 is 0 Å². The number of aromatic nitrogens is 4. The van der Waals surface area contributed by atoms with Crippen LogP contribution in [0.4, 0.5) is 5.95 Å². The SMILES string of the molecule is Nc1nc([O-])c2ncn(C3O[C@H](COP(=O)(O)OP(=O)(O)OP(=O)(O)O)[C@H]4OC5(O[C@@H]34)C([N+](=O)[O-])=CC([N+](=O)[O-])=CC5[N+](=O)[O-])c2n1. The normalized spacial score (nSPS) is 29.9. The van der Waals surface area contributed by atoms with Gasteiger partial charge in [-0.2, -0.15) is 13.6 Å². The van der Waals surface area contributed by atoms with E-state index in [0.29, 0.717) is 12.2 Å². The fourth-order valence-electron chi connectivity index (χ4n) is 4.79. The highest BCUT2D eigenvalue weighted by atomic mass is 31.3. The van der Waals surface area contributed by atoms with Gasteiger partial charge in [0.2, 0.25) is 5.95 Å². The van der Waals surface area contributed by atoms with Crippen LogP contribution in [0.1, 0.15) is 6.23 Å². The van der Waals surface area contributed by atoms with Crippen LogP contribution in [0.2, 0.25) is 0 Å². The number of anilines is 1. The number of hydrogen-bond donors (Lipinski definition) is 5. The summed E-state index contributed by atoms with van der Waals surface area (Å²) in [4.78, 5) is 79.8. The first kappa shape index (κ1) is 34.5. The number of imidazole rings is 1. The minimum Gasteiger partial charge on any atom is -0.857 e. The Morgan fingerprint density at radius 2 is 1.66 bits per heavy atom. The molecule has 0 aromatic carbocycles. The summed E-state index contributed by atoms with van der Waals surface area (Å²) >= 11 is 0. The van der Waals surface area contributed by atoms with E-state index in [1.165, 1.54) is 0 Å². The monoisotopic (exact) mass is 733 g/mol. The minimum absolute atomic E-state index is 0.334. The molecule has 5 rings (SSSR count). The Labute approximate surface area is 255 Å². The number of phosphoric acid groups is 3. The number of phosphoric ester groups is 1. The fraction of sp³-hybridized carbons (Fsp3) is 0.438. The fourth-order valence-corrected chi connectivity index (χ4v) is 7.82. The van der Waals surface area contributed by atoms with Gasteiger partial charge in [-0.3, -0.25) is 39.4 Å². The number of nitro groups is 3. The maximum atomic E-state index is 12.4. The smallest absolute Gasteiger partial charge is 0.490 e. The number of nitrogens with zero attached hydrogens (tertiary/aromatic N) is 7. The molecule has 3 aliphatic rings. The van der Waals surface area contributed by atoms with E-state index in [4.69, 9.17) is 29.7 Å². The summed E-state index contributed by atoms with van der Waals surface area (Å²) in [5.74, 6) is -4.56. The summed E-state index contributed by atoms with van der Waals surface area (Å²) in [6.45, 7) is -1.26. The van der Waals surface area contributed by atoms with Gasteiger partial charge >= 0.3 is 41.0 Å². The van der Waals surface area contributed by atoms with Crippen molar-refractivity contribution in [2.75, 3.05) is 12.3 Å². The summed E-state index contributed by atoms with van der Waals surface area (Å²) in [6, 6.07) is -2.47.